The van der Waals surface area contributed by atoms with Gasteiger partial charge in [-0.05, 0) is 60.4 Å². The summed E-state index contributed by atoms with van der Waals surface area (Å²) < 4.78 is 9.07. The lowest BCUT2D eigenvalue weighted by Gasteiger charge is -2.29. The van der Waals surface area contributed by atoms with Crippen LogP contribution in [0.2, 0.25) is 0 Å². The van der Waals surface area contributed by atoms with Crippen molar-refractivity contribution < 1.29 is 9.30 Å². The number of hydrogen-bond acceptors (Lipinski definition) is 1. The fraction of sp³-hybridized carbons (Fsp3) is 0.296. The molecule has 1 aromatic heterocycles. The molecule has 0 bridgehead atoms. The van der Waals surface area contributed by atoms with Crippen LogP contribution in [0.25, 0.3) is 32.9 Å². The molecule has 4 aromatic rings. The van der Waals surface area contributed by atoms with Gasteiger partial charge in [0.2, 0.25) is 11.3 Å². The number of hydrogen-bond donors (Lipinski definition) is 0. The minimum atomic E-state index is -0.0455. The van der Waals surface area contributed by atoms with Gasteiger partial charge < -0.3 is 4.74 Å². The number of rotatable bonds is 0. The molecule has 0 unspecified atom stereocenters. The second kappa shape index (κ2) is 5.82. The first kappa shape index (κ1) is 18.2. The molecular formula is C27H28NO+. The summed E-state index contributed by atoms with van der Waals surface area (Å²) in [5.41, 5.74) is 8.86. The van der Waals surface area contributed by atoms with Crippen LogP contribution in [-0.4, -0.2) is 0 Å². The highest BCUT2D eigenvalue weighted by molar-refractivity contribution is 6.06. The van der Waals surface area contributed by atoms with Gasteiger partial charge in [0.1, 0.15) is 12.8 Å². The highest BCUT2D eigenvalue weighted by Crippen LogP contribution is 2.52. The van der Waals surface area contributed by atoms with Crippen LogP contribution in [0.1, 0.15) is 43.0 Å². The Balaban J connectivity index is 2.08. The van der Waals surface area contributed by atoms with E-state index >= 15 is 0 Å². The van der Waals surface area contributed by atoms with Gasteiger partial charge in [0.05, 0.1) is 10.9 Å². The van der Waals surface area contributed by atoms with E-state index in [1.54, 1.807) is 0 Å². The summed E-state index contributed by atoms with van der Waals surface area (Å²) >= 11 is 0. The van der Waals surface area contributed by atoms with Gasteiger partial charge in [-0.2, -0.15) is 4.57 Å². The number of para-hydroxylation sites is 1. The van der Waals surface area contributed by atoms with Gasteiger partial charge in [-0.1, -0.05) is 45.0 Å². The van der Waals surface area contributed by atoms with Crippen molar-refractivity contribution in [2.24, 2.45) is 7.05 Å². The van der Waals surface area contributed by atoms with Gasteiger partial charge in [0.15, 0.2) is 0 Å². The monoisotopic (exact) mass is 382 g/mol. The lowest BCUT2D eigenvalue weighted by molar-refractivity contribution is -0.633. The molecule has 0 saturated carbocycles. The Morgan fingerprint density at radius 2 is 1.66 bits per heavy atom. The van der Waals surface area contributed by atoms with Crippen molar-refractivity contribution in [1.29, 1.82) is 0 Å². The molecule has 0 amide bonds. The molecule has 2 heteroatoms. The van der Waals surface area contributed by atoms with Crippen LogP contribution in [-0.2, 0) is 12.5 Å². The first-order valence-corrected chi connectivity index (χ1v) is 10.4. The van der Waals surface area contributed by atoms with E-state index in [1.165, 1.54) is 55.2 Å². The molecule has 0 radical (unpaired) electrons. The van der Waals surface area contributed by atoms with Gasteiger partial charge in [-0.15, -0.1) is 0 Å². The van der Waals surface area contributed by atoms with Gasteiger partial charge in [-0.3, -0.25) is 0 Å². The van der Waals surface area contributed by atoms with Crippen LogP contribution in [0.5, 0.6) is 11.5 Å². The molecule has 0 spiro atoms. The Morgan fingerprint density at radius 1 is 0.931 bits per heavy atom. The molecule has 0 atom stereocenters. The van der Waals surface area contributed by atoms with Crippen LogP contribution in [0.4, 0.5) is 0 Å². The average Bonchev–Trinajstić information content (AvgIpc) is 2.64. The van der Waals surface area contributed by atoms with E-state index in [0.29, 0.717) is 0 Å². The number of fused-ring (bicyclic) bond motifs is 3. The molecule has 5 rings (SSSR count). The summed E-state index contributed by atoms with van der Waals surface area (Å²) in [7, 11) is 2.17. The fourth-order valence-corrected chi connectivity index (χ4v) is 4.99. The summed E-state index contributed by atoms with van der Waals surface area (Å²) in [5.74, 6) is 1.98. The third-order valence-corrected chi connectivity index (χ3v) is 6.38. The largest absolute Gasteiger partial charge is 0.449 e. The third kappa shape index (κ3) is 2.45. The predicted octanol–water partition coefficient (Wildman–Crippen LogP) is 6.81. The van der Waals surface area contributed by atoms with E-state index in [4.69, 9.17) is 4.74 Å². The number of nitrogens with zero attached hydrogens (tertiary/aromatic N) is 1. The topological polar surface area (TPSA) is 13.1 Å². The van der Waals surface area contributed by atoms with Crippen LogP contribution >= 0.6 is 0 Å². The Bertz CT molecular complexity index is 1340. The normalized spacial score (nSPS) is 12.9. The predicted molar refractivity (Wildman–Crippen MR) is 121 cm³/mol. The lowest BCUT2D eigenvalue weighted by atomic mass is 9.81. The zero-order valence-electron chi connectivity index (χ0n) is 18.4. The summed E-state index contributed by atoms with van der Waals surface area (Å²) in [5, 5.41) is 3.75. The number of pyridine rings is 1. The number of aromatic nitrogens is 1. The minimum Gasteiger partial charge on any atom is -0.449 e. The van der Waals surface area contributed by atoms with E-state index in [1.807, 2.05) is 0 Å². The van der Waals surface area contributed by atoms with Crippen LogP contribution in [0.15, 0.2) is 42.5 Å². The highest BCUT2D eigenvalue weighted by Gasteiger charge is 2.37. The van der Waals surface area contributed by atoms with Gasteiger partial charge in [-0.25, -0.2) is 0 Å². The maximum Gasteiger partial charge on any atom is 0.257 e. The molecule has 2 nitrogen and oxygen atoms in total. The molecule has 0 aliphatic carbocycles. The number of ether oxygens (including phenoxy) is 1. The van der Waals surface area contributed by atoms with Gasteiger partial charge in [0, 0.05) is 17.0 Å². The van der Waals surface area contributed by atoms with Crippen LogP contribution in [0, 0.1) is 20.8 Å². The number of benzene rings is 3. The summed E-state index contributed by atoms with van der Waals surface area (Å²) in [6, 6.07) is 15.5. The molecule has 3 aromatic carbocycles. The van der Waals surface area contributed by atoms with Crippen molar-refractivity contribution in [3.05, 3.63) is 64.7 Å². The van der Waals surface area contributed by atoms with Crippen LogP contribution in [0.3, 0.4) is 0 Å². The van der Waals surface area contributed by atoms with Crippen molar-refractivity contribution in [3.63, 3.8) is 0 Å². The first-order valence-electron chi connectivity index (χ1n) is 10.4. The Hall–Kier alpha value is -2.87. The van der Waals surface area contributed by atoms with Crippen molar-refractivity contribution >= 4 is 21.7 Å². The third-order valence-electron chi connectivity index (χ3n) is 6.38. The van der Waals surface area contributed by atoms with Gasteiger partial charge >= 0.3 is 0 Å². The second-order valence-corrected chi connectivity index (χ2v) is 9.54. The van der Waals surface area contributed by atoms with E-state index in [9.17, 15) is 0 Å². The summed E-state index contributed by atoms with van der Waals surface area (Å²) in [4.78, 5) is 0. The summed E-state index contributed by atoms with van der Waals surface area (Å²) in [6.45, 7) is 13.5. The molecule has 146 valence electrons. The van der Waals surface area contributed by atoms with E-state index in [2.05, 4.69) is 95.6 Å². The zero-order valence-corrected chi connectivity index (χ0v) is 18.4. The average molecular weight is 383 g/mol. The molecule has 0 saturated heterocycles. The molecular weight excluding hydrogens is 354 g/mol. The smallest absolute Gasteiger partial charge is 0.257 e. The van der Waals surface area contributed by atoms with Crippen molar-refractivity contribution in [2.45, 2.75) is 47.0 Å². The first-order chi connectivity index (χ1) is 13.7. The standard InChI is InChI=1S/C27H28NO/c1-15-12-18-14-16(2)17(3)22-23(18)21(13-15)29-26-24(27(4,5)6)19-10-8-9-11-20(19)28(7)25(22)26/h8-14H,1-7H3/q+1. The maximum absolute atomic E-state index is 6.75. The SMILES string of the molecule is Cc1cc2c3c(c(C)c(C)cc3c1)-c1c(c(C(C)(C)C)c3ccccc3[n+]1C)O2. The molecule has 1 aliphatic heterocycles. The summed E-state index contributed by atoms with van der Waals surface area (Å²) in [6.07, 6.45) is 0. The van der Waals surface area contributed by atoms with Gasteiger partial charge in [0.25, 0.3) is 5.69 Å². The van der Waals surface area contributed by atoms with E-state index in [-0.39, 0.29) is 5.41 Å². The van der Waals surface area contributed by atoms with Crippen molar-refractivity contribution in [2.75, 3.05) is 0 Å². The lowest BCUT2D eigenvalue weighted by Crippen LogP contribution is -2.35. The molecule has 0 N–H and O–H groups in total. The van der Waals surface area contributed by atoms with E-state index < -0.39 is 0 Å². The highest BCUT2D eigenvalue weighted by atomic mass is 16.5. The molecule has 1 aliphatic rings. The zero-order chi connectivity index (χ0) is 20.7. The minimum absolute atomic E-state index is 0.0455. The van der Waals surface area contributed by atoms with Crippen molar-refractivity contribution in [1.82, 2.24) is 0 Å². The Labute approximate surface area is 172 Å². The quantitative estimate of drug-likeness (QED) is 0.268. The number of aryl methyl sites for hydroxylation is 3. The molecule has 29 heavy (non-hydrogen) atoms. The second-order valence-electron chi connectivity index (χ2n) is 9.54. The Morgan fingerprint density at radius 3 is 2.38 bits per heavy atom. The molecule has 0 fully saturated rings. The van der Waals surface area contributed by atoms with E-state index in [0.717, 1.165) is 11.5 Å². The fourth-order valence-electron chi connectivity index (χ4n) is 4.99. The maximum atomic E-state index is 6.75. The van der Waals surface area contributed by atoms with Crippen LogP contribution < -0.4 is 9.30 Å². The van der Waals surface area contributed by atoms with Crippen molar-refractivity contribution in [3.8, 4) is 22.8 Å². The molecule has 2 heterocycles. The Kier molecular flexibility index (Phi) is 3.65.